The SMILES string of the molecule is CCOc1ccc(Cc2cccc([C@@H]3OC(=NO)[C@@H](O)[C@H](O)[C@H]3O)c2Cl)cc1. The van der Waals surface area contributed by atoms with Crippen molar-refractivity contribution in [3.63, 3.8) is 0 Å². The van der Waals surface area contributed by atoms with Gasteiger partial charge in [-0.3, -0.25) is 0 Å². The van der Waals surface area contributed by atoms with Gasteiger partial charge in [-0.05, 0) is 36.6 Å². The van der Waals surface area contributed by atoms with Crippen molar-refractivity contribution in [1.29, 1.82) is 0 Å². The zero-order valence-corrected chi connectivity index (χ0v) is 16.0. The first-order chi connectivity index (χ1) is 13.5. The van der Waals surface area contributed by atoms with Crippen LogP contribution >= 0.6 is 11.6 Å². The number of oxime groups is 1. The maximum absolute atomic E-state index is 10.3. The lowest BCUT2D eigenvalue weighted by molar-refractivity contribution is -0.121. The van der Waals surface area contributed by atoms with Crippen molar-refractivity contribution in [2.75, 3.05) is 6.61 Å². The molecule has 0 bridgehead atoms. The molecule has 1 aliphatic rings. The molecule has 8 heteroatoms. The summed E-state index contributed by atoms with van der Waals surface area (Å²) in [5.41, 5.74) is 2.23. The number of aliphatic hydroxyl groups excluding tert-OH is 3. The molecule has 2 aromatic rings. The number of rotatable bonds is 5. The first-order valence-electron chi connectivity index (χ1n) is 8.88. The molecular formula is C20H22ClNO6. The summed E-state index contributed by atoms with van der Waals surface area (Å²) < 4.78 is 10.8. The lowest BCUT2D eigenvalue weighted by Gasteiger charge is -2.36. The maximum Gasteiger partial charge on any atom is 0.258 e. The first kappa shape index (κ1) is 20.4. The third kappa shape index (κ3) is 4.07. The topological polar surface area (TPSA) is 112 Å². The highest BCUT2D eigenvalue weighted by atomic mass is 35.5. The molecule has 1 fully saturated rings. The van der Waals surface area contributed by atoms with E-state index in [9.17, 15) is 15.3 Å². The van der Waals surface area contributed by atoms with E-state index in [1.165, 1.54) is 0 Å². The Bertz CT molecular complexity index is 841. The van der Waals surface area contributed by atoms with Gasteiger partial charge in [0.05, 0.1) is 11.6 Å². The molecule has 0 aromatic heterocycles. The Labute approximate surface area is 167 Å². The summed E-state index contributed by atoms with van der Waals surface area (Å²) in [5, 5.41) is 42.3. The summed E-state index contributed by atoms with van der Waals surface area (Å²) >= 11 is 6.55. The Morgan fingerprint density at radius 2 is 1.79 bits per heavy atom. The van der Waals surface area contributed by atoms with Crippen molar-refractivity contribution in [2.24, 2.45) is 5.16 Å². The third-order valence-corrected chi connectivity index (χ3v) is 5.09. The summed E-state index contributed by atoms with van der Waals surface area (Å²) in [6.07, 6.45) is -5.19. The van der Waals surface area contributed by atoms with Gasteiger partial charge in [0, 0.05) is 5.56 Å². The molecule has 0 aliphatic carbocycles. The van der Waals surface area contributed by atoms with Gasteiger partial charge in [-0.15, -0.1) is 0 Å². The monoisotopic (exact) mass is 407 g/mol. The van der Waals surface area contributed by atoms with Crippen LogP contribution in [0.5, 0.6) is 5.75 Å². The van der Waals surface area contributed by atoms with E-state index < -0.39 is 30.3 Å². The average molecular weight is 408 g/mol. The van der Waals surface area contributed by atoms with Gasteiger partial charge in [-0.2, -0.15) is 0 Å². The van der Waals surface area contributed by atoms with Gasteiger partial charge in [0.1, 0.15) is 18.0 Å². The molecule has 0 amide bonds. The van der Waals surface area contributed by atoms with Gasteiger partial charge in [0.15, 0.2) is 12.2 Å². The zero-order valence-electron chi connectivity index (χ0n) is 15.2. The van der Waals surface area contributed by atoms with Crippen molar-refractivity contribution >= 4 is 17.5 Å². The van der Waals surface area contributed by atoms with Crippen molar-refractivity contribution in [3.8, 4) is 5.75 Å². The molecule has 1 heterocycles. The molecule has 0 unspecified atom stereocenters. The van der Waals surface area contributed by atoms with Crippen LogP contribution in [0.4, 0.5) is 0 Å². The second-order valence-corrected chi connectivity index (χ2v) is 6.85. The van der Waals surface area contributed by atoms with E-state index >= 15 is 0 Å². The number of ether oxygens (including phenoxy) is 2. The average Bonchev–Trinajstić information content (AvgIpc) is 2.70. The van der Waals surface area contributed by atoms with Crippen molar-refractivity contribution in [2.45, 2.75) is 37.8 Å². The molecule has 2 aromatic carbocycles. The smallest absolute Gasteiger partial charge is 0.258 e. The Morgan fingerprint density at radius 3 is 2.43 bits per heavy atom. The van der Waals surface area contributed by atoms with E-state index in [2.05, 4.69) is 5.16 Å². The standard InChI is InChI=1S/C20H22ClNO6/c1-2-27-13-8-6-11(7-9-13)10-12-4-3-5-14(15(12)21)19-17(24)16(23)18(25)20(22-26)28-19/h3-9,16-19,23-26H,2,10H2,1H3/t16-,17-,18+,19+/m1/s1. The fourth-order valence-electron chi connectivity index (χ4n) is 3.16. The van der Waals surface area contributed by atoms with E-state index in [0.29, 0.717) is 23.6 Å². The van der Waals surface area contributed by atoms with Crippen LogP contribution < -0.4 is 4.74 Å². The van der Waals surface area contributed by atoms with E-state index in [1.54, 1.807) is 12.1 Å². The van der Waals surface area contributed by atoms with Crippen molar-refractivity contribution < 1.29 is 30.0 Å². The van der Waals surface area contributed by atoms with E-state index in [1.807, 2.05) is 37.3 Å². The minimum Gasteiger partial charge on any atom is -0.494 e. The minimum absolute atomic E-state index is 0.362. The second-order valence-electron chi connectivity index (χ2n) is 6.48. The molecule has 4 atom stereocenters. The predicted octanol–water partition coefficient (Wildman–Crippen LogP) is 2.27. The van der Waals surface area contributed by atoms with Gasteiger partial charge in [-0.1, -0.05) is 47.1 Å². The lowest BCUT2D eigenvalue weighted by Crippen LogP contribution is -2.52. The molecule has 150 valence electrons. The first-order valence-corrected chi connectivity index (χ1v) is 9.25. The maximum atomic E-state index is 10.3. The molecule has 0 saturated carbocycles. The highest BCUT2D eigenvalue weighted by Crippen LogP contribution is 2.36. The van der Waals surface area contributed by atoms with Crippen LogP contribution in [0.3, 0.4) is 0 Å². The van der Waals surface area contributed by atoms with Crippen LogP contribution in [0.25, 0.3) is 0 Å². The largest absolute Gasteiger partial charge is 0.494 e. The fourth-order valence-corrected chi connectivity index (χ4v) is 3.46. The normalized spacial score (nSPS) is 26.1. The van der Waals surface area contributed by atoms with Gasteiger partial charge in [0.25, 0.3) is 5.90 Å². The number of halogens is 1. The number of benzene rings is 2. The molecule has 1 aliphatic heterocycles. The van der Waals surface area contributed by atoms with Gasteiger partial charge >= 0.3 is 0 Å². The van der Waals surface area contributed by atoms with Crippen molar-refractivity contribution in [3.05, 3.63) is 64.2 Å². The van der Waals surface area contributed by atoms with Gasteiger partial charge < -0.3 is 30.0 Å². The van der Waals surface area contributed by atoms with E-state index in [4.69, 9.17) is 26.3 Å². The molecule has 0 radical (unpaired) electrons. The second kappa shape index (κ2) is 8.79. The molecular weight excluding hydrogens is 386 g/mol. The van der Waals surface area contributed by atoms with Gasteiger partial charge in [-0.25, -0.2) is 0 Å². The van der Waals surface area contributed by atoms with E-state index in [-0.39, 0.29) is 0 Å². The molecule has 0 spiro atoms. The molecule has 3 rings (SSSR count). The van der Waals surface area contributed by atoms with Crippen molar-refractivity contribution in [1.82, 2.24) is 0 Å². The minimum atomic E-state index is -1.62. The van der Waals surface area contributed by atoms with Crippen LogP contribution in [0.1, 0.15) is 29.7 Å². The number of hydrogen-bond acceptors (Lipinski definition) is 7. The molecule has 1 saturated heterocycles. The van der Waals surface area contributed by atoms with Crippen LogP contribution in [-0.2, 0) is 11.2 Å². The lowest BCUT2D eigenvalue weighted by atomic mass is 9.92. The van der Waals surface area contributed by atoms with Crippen LogP contribution in [0, 0.1) is 0 Å². The summed E-state index contributed by atoms with van der Waals surface area (Å²) in [7, 11) is 0. The molecule has 4 N–H and O–H groups in total. The number of hydrogen-bond donors (Lipinski definition) is 4. The summed E-state index contributed by atoms with van der Waals surface area (Å²) in [4.78, 5) is 0. The summed E-state index contributed by atoms with van der Waals surface area (Å²) in [6.45, 7) is 2.51. The van der Waals surface area contributed by atoms with Crippen LogP contribution in [0.15, 0.2) is 47.6 Å². The van der Waals surface area contributed by atoms with Crippen LogP contribution in [-0.4, -0.2) is 51.3 Å². The predicted molar refractivity (Wildman–Crippen MR) is 103 cm³/mol. The highest BCUT2D eigenvalue weighted by molar-refractivity contribution is 6.32. The Hall–Kier alpha value is -2.32. The quantitative estimate of drug-likeness (QED) is 0.447. The highest BCUT2D eigenvalue weighted by Gasteiger charge is 2.44. The Morgan fingerprint density at radius 1 is 1.07 bits per heavy atom. The third-order valence-electron chi connectivity index (χ3n) is 4.63. The van der Waals surface area contributed by atoms with Crippen LogP contribution in [0.2, 0.25) is 5.02 Å². The number of nitrogens with zero attached hydrogens (tertiary/aromatic N) is 1. The number of aliphatic hydroxyl groups is 3. The zero-order chi connectivity index (χ0) is 20.3. The van der Waals surface area contributed by atoms with Gasteiger partial charge in [0.2, 0.25) is 0 Å². The summed E-state index contributed by atoms with van der Waals surface area (Å²) in [5.74, 6) is 0.309. The Kier molecular flexibility index (Phi) is 6.41. The molecule has 28 heavy (non-hydrogen) atoms. The summed E-state index contributed by atoms with van der Waals surface area (Å²) in [6, 6.07) is 12.9. The van der Waals surface area contributed by atoms with E-state index in [0.717, 1.165) is 16.9 Å². The molecule has 7 nitrogen and oxygen atoms in total. The fraction of sp³-hybridized carbons (Fsp3) is 0.350. The Balaban J connectivity index is 1.86.